The van der Waals surface area contributed by atoms with E-state index >= 15 is 0 Å². The Balaban J connectivity index is 1.87. The molecule has 3 rings (SSSR count). The Morgan fingerprint density at radius 1 is 1.22 bits per heavy atom. The van der Waals surface area contributed by atoms with Crippen molar-refractivity contribution in [3.05, 3.63) is 17.5 Å². The fourth-order valence-electron chi connectivity index (χ4n) is 3.63. The van der Waals surface area contributed by atoms with Gasteiger partial charge in [0.1, 0.15) is 0 Å². The highest BCUT2D eigenvalue weighted by molar-refractivity contribution is 5.27. The molecule has 0 spiro atoms. The first kappa shape index (κ1) is 11.8. The van der Waals surface area contributed by atoms with Crippen molar-refractivity contribution in [2.45, 2.75) is 69.7 Å². The molecule has 96 valence electrons. The fraction of sp³-hybridized carbons (Fsp3) is 0.733. The Bertz CT molecular complexity index is 449. The molecule has 0 N–H and O–H groups in total. The predicted molar refractivity (Wildman–Crippen MR) is 70.3 cm³/mol. The first-order valence-corrected chi connectivity index (χ1v) is 7.33. The van der Waals surface area contributed by atoms with E-state index in [1.807, 2.05) is 6.20 Å². The van der Waals surface area contributed by atoms with Crippen LogP contribution in [-0.2, 0) is 6.42 Å². The molecule has 0 saturated heterocycles. The van der Waals surface area contributed by atoms with Gasteiger partial charge in [-0.1, -0.05) is 19.3 Å². The van der Waals surface area contributed by atoms with E-state index in [1.165, 1.54) is 49.8 Å². The zero-order valence-corrected chi connectivity index (χ0v) is 10.9. The van der Waals surface area contributed by atoms with E-state index in [0.717, 1.165) is 12.8 Å². The van der Waals surface area contributed by atoms with E-state index in [2.05, 4.69) is 15.8 Å². The second-order valence-corrected chi connectivity index (χ2v) is 5.73. The molecule has 3 nitrogen and oxygen atoms in total. The number of nitrogens with zero attached hydrogens (tertiary/aromatic N) is 3. The van der Waals surface area contributed by atoms with E-state index in [9.17, 15) is 0 Å². The highest BCUT2D eigenvalue weighted by Crippen LogP contribution is 2.37. The number of rotatable bonds is 2. The summed E-state index contributed by atoms with van der Waals surface area (Å²) in [5, 5.41) is 13.6. The van der Waals surface area contributed by atoms with Gasteiger partial charge in [0, 0.05) is 18.0 Å². The molecule has 0 radical (unpaired) electrons. The minimum atomic E-state index is 0.441. The first-order valence-electron chi connectivity index (χ1n) is 7.33. The maximum absolute atomic E-state index is 8.92. The minimum absolute atomic E-state index is 0.441. The Hall–Kier alpha value is -1.30. The van der Waals surface area contributed by atoms with E-state index in [1.54, 1.807) is 0 Å². The lowest BCUT2D eigenvalue weighted by Gasteiger charge is -2.27. The summed E-state index contributed by atoms with van der Waals surface area (Å²) in [7, 11) is 0. The molecule has 0 bridgehead atoms. The Morgan fingerprint density at radius 3 is 2.83 bits per heavy atom. The van der Waals surface area contributed by atoms with E-state index in [4.69, 9.17) is 5.26 Å². The molecule has 1 saturated carbocycles. The van der Waals surface area contributed by atoms with Crippen molar-refractivity contribution in [3.8, 4) is 6.07 Å². The van der Waals surface area contributed by atoms with Crippen LogP contribution in [0.4, 0.5) is 0 Å². The predicted octanol–water partition coefficient (Wildman–Crippen LogP) is 3.72. The third-order valence-electron chi connectivity index (χ3n) is 4.60. The van der Waals surface area contributed by atoms with Crippen molar-refractivity contribution >= 4 is 0 Å². The fourth-order valence-corrected chi connectivity index (χ4v) is 3.63. The Labute approximate surface area is 109 Å². The Kier molecular flexibility index (Phi) is 3.36. The summed E-state index contributed by atoms with van der Waals surface area (Å²) in [6.45, 7) is 0. The summed E-state index contributed by atoms with van der Waals surface area (Å²) in [6.07, 6.45) is 12.9. The van der Waals surface area contributed by atoms with Gasteiger partial charge >= 0.3 is 0 Å². The molecule has 2 aliphatic carbocycles. The quantitative estimate of drug-likeness (QED) is 0.794. The maximum Gasteiger partial charge on any atom is 0.0628 e. The third kappa shape index (κ3) is 2.05. The second-order valence-electron chi connectivity index (χ2n) is 5.73. The SMILES string of the molecule is N#CCC1CCCc2c1cnn2C1CCCCC1. The van der Waals surface area contributed by atoms with Crippen LogP contribution in [0.25, 0.3) is 0 Å². The zero-order chi connectivity index (χ0) is 12.4. The molecule has 1 unspecified atom stereocenters. The van der Waals surface area contributed by atoms with E-state index in [0.29, 0.717) is 18.4 Å². The topological polar surface area (TPSA) is 41.6 Å². The molecule has 0 aliphatic heterocycles. The molecular weight excluding hydrogens is 222 g/mol. The summed E-state index contributed by atoms with van der Waals surface area (Å²) >= 11 is 0. The third-order valence-corrected chi connectivity index (χ3v) is 4.60. The maximum atomic E-state index is 8.92. The summed E-state index contributed by atoms with van der Waals surface area (Å²) in [6, 6.07) is 2.96. The van der Waals surface area contributed by atoms with Gasteiger partial charge in [0.25, 0.3) is 0 Å². The number of aromatic nitrogens is 2. The average Bonchev–Trinajstić information content (AvgIpc) is 2.85. The molecule has 18 heavy (non-hydrogen) atoms. The van der Waals surface area contributed by atoms with Crippen LogP contribution in [0.1, 0.15) is 74.6 Å². The molecule has 0 aromatic carbocycles. The highest BCUT2D eigenvalue weighted by atomic mass is 15.3. The smallest absolute Gasteiger partial charge is 0.0628 e. The van der Waals surface area contributed by atoms with Crippen LogP contribution in [0.5, 0.6) is 0 Å². The van der Waals surface area contributed by atoms with Gasteiger partial charge in [-0.3, -0.25) is 4.68 Å². The molecule has 0 amide bonds. The van der Waals surface area contributed by atoms with Gasteiger partial charge in [0.05, 0.1) is 18.3 Å². The number of nitriles is 1. The van der Waals surface area contributed by atoms with Crippen molar-refractivity contribution in [1.82, 2.24) is 9.78 Å². The molecule has 2 aliphatic rings. The molecule has 1 heterocycles. The summed E-state index contributed by atoms with van der Waals surface area (Å²) in [5.74, 6) is 0.441. The average molecular weight is 243 g/mol. The van der Waals surface area contributed by atoms with Gasteiger partial charge < -0.3 is 0 Å². The van der Waals surface area contributed by atoms with Gasteiger partial charge in [-0.05, 0) is 37.7 Å². The molecule has 1 aromatic heterocycles. The van der Waals surface area contributed by atoms with Crippen molar-refractivity contribution in [1.29, 1.82) is 5.26 Å². The van der Waals surface area contributed by atoms with Crippen LogP contribution in [0.2, 0.25) is 0 Å². The van der Waals surface area contributed by atoms with Gasteiger partial charge in [-0.25, -0.2) is 0 Å². The lowest BCUT2D eigenvalue weighted by Crippen LogP contribution is -2.19. The van der Waals surface area contributed by atoms with Crippen LogP contribution in [0.3, 0.4) is 0 Å². The van der Waals surface area contributed by atoms with Crippen molar-refractivity contribution < 1.29 is 0 Å². The normalized spacial score (nSPS) is 24.5. The van der Waals surface area contributed by atoms with E-state index in [-0.39, 0.29) is 0 Å². The van der Waals surface area contributed by atoms with Crippen LogP contribution in [-0.4, -0.2) is 9.78 Å². The highest BCUT2D eigenvalue weighted by Gasteiger charge is 2.27. The van der Waals surface area contributed by atoms with Gasteiger partial charge in [-0.2, -0.15) is 10.4 Å². The van der Waals surface area contributed by atoms with E-state index < -0.39 is 0 Å². The Morgan fingerprint density at radius 2 is 2.06 bits per heavy atom. The summed E-state index contributed by atoms with van der Waals surface area (Å²) < 4.78 is 2.30. The van der Waals surface area contributed by atoms with Crippen LogP contribution in [0, 0.1) is 11.3 Å². The largest absolute Gasteiger partial charge is 0.266 e. The monoisotopic (exact) mass is 243 g/mol. The van der Waals surface area contributed by atoms with Crippen molar-refractivity contribution in [3.63, 3.8) is 0 Å². The van der Waals surface area contributed by atoms with Gasteiger partial charge in [0.2, 0.25) is 0 Å². The summed E-state index contributed by atoms with van der Waals surface area (Å²) in [5.41, 5.74) is 2.81. The molecular formula is C15H21N3. The van der Waals surface area contributed by atoms with Crippen molar-refractivity contribution in [2.75, 3.05) is 0 Å². The van der Waals surface area contributed by atoms with Crippen LogP contribution < -0.4 is 0 Å². The first-order chi connectivity index (χ1) is 8.90. The molecule has 1 fully saturated rings. The zero-order valence-electron chi connectivity index (χ0n) is 10.9. The minimum Gasteiger partial charge on any atom is -0.266 e. The molecule has 1 aromatic rings. The van der Waals surface area contributed by atoms with Crippen LogP contribution in [0.15, 0.2) is 6.20 Å². The second kappa shape index (κ2) is 5.14. The standard InChI is InChI=1S/C15H21N3/c16-10-9-12-5-4-8-15-14(12)11-17-18(15)13-6-2-1-3-7-13/h11-13H,1-9H2. The van der Waals surface area contributed by atoms with Crippen LogP contribution >= 0.6 is 0 Å². The number of hydrogen-bond acceptors (Lipinski definition) is 2. The van der Waals surface area contributed by atoms with Gasteiger partial charge in [0.15, 0.2) is 0 Å². The van der Waals surface area contributed by atoms with Gasteiger partial charge in [-0.15, -0.1) is 0 Å². The number of hydrogen-bond donors (Lipinski definition) is 0. The number of fused-ring (bicyclic) bond motifs is 1. The summed E-state index contributed by atoms with van der Waals surface area (Å²) in [4.78, 5) is 0. The molecule has 3 heteroatoms. The molecule has 1 atom stereocenters. The lowest BCUT2D eigenvalue weighted by molar-refractivity contribution is 0.318. The lowest BCUT2D eigenvalue weighted by atomic mass is 9.85. The van der Waals surface area contributed by atoms with Crippen molar-refractivity contribution in [2.24, 2.45) is 0 Å².